The van der Waals surface area contributed by atoms with Crippen LogP contribution >= 0.6 is 0 Å². The molecule has 0 bridgehead atoms. The zero-order valence-electron chi connectivity index (χ0n) is 10.0. The molecule has 0 atom stereocenters. The van der Waals surface area contributed by atoms with Gasteiger partial charge in [0, 0.05) is 0 Å². The monoisotopic (exact) mass is 457 g/mol. The van der Waals surface area contributed by atoms with Crippen LogP contribution in [0.15, 0.2) is 0 Å². The SMILES string of the molecule is CC(=O)C[N-]CC[N-]CC(=O)O.O=C(O)C(=O)O.[Pt+2]. The summed E-state index contributed by atoms with van der Waals surface area (Å²) in [6, 6.07) is 0. The predicted octanol–water partition coefficient (Wildman–Crippen LogP) is -0.439. The van der Waals surface area contributed by atoms with Crippen molar-refractivity contribution in [2.24, 2.45) is 0 Å². The van der Waals surface area contributed by atoms with Gasteiger partial charge in [0.2, 0.25) is 0 Å². The second-order valence-electron chi connectivity index (χ2n) is 2.92. The van der Waals surface area contributed by atoms with E-state index in [2.05, 4.69) is 10.6 Å². The quantitative estimate of drug-likeness (QED) is 0.346. The van der Waals surface area contributed by atoms with Crippen LogP contribution in [0.2, 0.25) is 0 Å². The normalized spacial score (nSPS) is 8.47. The fraction of sp³-hybridized carbons (Fsp3) is 0.556. The number of hydrogen-bond donors (Lipinski definition) is 3. The third-order valence-electron chi connectivity index (χ3n) is 1.18. The Bertz CT molecular complexity index is 279. The van der Waals surface area contributed by atoms with Gasteiger partial charge < -0.3 is 30.7 Å². The number of rotatable bonds is 7. The second-order valence-corrected chi connectivity index (χ2v) is 2.92. The first kappa shape index (κ1) is 22.8. The van der Waals surface area contributed by atoms with Gasteiger partial charge >= 0.3 is 33.0 Å². The average molecular weight is 457 g/mol. The largest absolute Gasteiger partial charge is 2.00 e. The molecule has 0 aromatic rings. The van der Waals surface area contributed by atoms with Gasteiger partial charge in [-0.1, -0.05) is 6.54 Å². The van der Waals surface area contributed by atoms with Crippen molar-refractivity contribution < 1.29 is 55.6 Å². The van der Waals surface area contributed by atoms with Gasteiger partial charge in [0.05, 0.1) is 0 Å². The number of ketones is 1. The summed E-state index contributed by atoms with van der Waals surface area (Å²) in [5.74, 6) is -4.58. The molecule has 0 heterocycles. The molecule has 0 rings (SSSR count). The van der Waals surface area contributed by atoms with Crippen molar-refractivity contribution in [1.29, 1.82) is 0 Å². The summed E-state index contributed by atoms with van der Waals surface area (Å²) < 4.78 is 0. The molecule has 0 spiro atoms. The summed E-state index contributed by atoms with van der Waals surface area (Å²) in [5, 5.41) is 30.5. The molecule has 112 valence electrons. The summed E-state index contributed by atoms with van der Waals surface area (Å²) in [7, 11) is 0. The third-order valence-corrected chi connectivity index (χ3v) is 1.18. The fourth-order valence-corrected chi connectivity index (χ4v) is 0.553. The minimum Gasteiger partial charge on any atom is -0.657 e. The molecule has 0 aromatic heterocycles. The Hall–Kier alpha value is -1.31. The van der Waals surface area contributed by atoms with Gasteiger partial charge in [-0.3, -0.25) is 4.79 Å². The molecule has 0 unspecified atom stereocenters. The number of carbonyl (C=O) groups is 4. The molecule has 0 saturated heterocycles. The Morgan fingerprint density at radius 1 is 0.842 bits per heavy atom. The molecule has 19 heavy (non-hydrogen) atoms. The van der Waals surface area contributed by atoms with E-state index in [1.165, 1.54) is 6.92 Å². The van der Waals surface area contributed by atoms with Crippen LogP contribution < -0.4 is 0 Å². The van der Waals surface area contributed by atoms with Crippen LogP contribution in [0.3, 0.4) is 0 Å². The van der Waals surface area contributed by atoms with Gasteiger partial charge in [-0.2, -0.15) is 13.1 Å². The maximum atomic E-state index is 10.4. The number of hydrogen-bond acceptors (Lipinski definition) is 4. The van der Waals surface area contributed by atoms with Crippen LogP contribution in [0.4, 0.5) is 0 Å². The van der Waals surface area contributed by atoms with E-state index in [4.69, 9.17) is 24.9 Å². The Labute approximate surface area is 123 Å². The molecule has 0 aromatic carbocycles. The van der Waals surface area contributed by atoms with Crippen LogP contribution in [-0.4, -0.2) is 65.2 Å². The summed E-state index contributed by atoms with van der Waals surface area (Å²) in [5.41, 5.74) is 0. The van der Waals surface area contributed by atoms with Crippen molar-refractivity contribution in [2.75, 3.05) is 26.2 Å². The minimum atomic E-state index is -1.82. The van der Waals surface area contributed by atoms with Gasteiger partial charge in [0.15, 0.2) is 0 Å². The number of carbonyl (C=O) groups excluding carboxylic acids is 1. The molecule has 0 amide bonds. The smallest absolute Gasteiger partial charge is 0.657 e. The minimum absolute atomic E-state index is 0. The first-order valence-corrected chi connectivity index (χ1v) is 4.71. The van der Waals surface area contributed by atoms with Crippen molar-refractivity contribution in [2.45, 2.75) is 6.92 Å². The molecule has 0 aliphatic heterocycles. The number of Topliss-reactive ketones (excluding diaryl/α,β-unsaturated/α-hetero) is 1. The van der Waals surface area contributed by atoms with Gasteiger partial charge in [-0.15, -0.1) is 0 Å². The standard InChI is InChI=1S/C7H12N2O3.C2H2O4.Pt/c1-6(10)4-8-2-3-9-5-7(11)12;3-1(4)2(5)6;/h2-5H2,1H3,(H,11,12);(H,3,4)(H,5,6);/q-2;;+2. The Morgan fingerprint density at radius 2 is 1.21 bits per heavy atom. The topological polar surface area (TPSA) is 157 Å². The van der Waals surface area contributed by atoms with Gasteiger partial charge in [-0.05, 0) is 13.5 Å². The van der Waals surface area contributed by atoms with Crippen LogP contribution in [0.5, 0.6) is 0 Å². The number of carboxylic acid groups (broad SMARTS) is 3. The molecule has 0 aliphatic rings. The fourth-order valence-electron chi connectivity index (χ4n) is 0.553. The van der Waals surface area contributed by atoms with Crippen molar-refractivity contribution in [3.63, 3.8) is 0 Å². The Balaban J connectivity index is -0.000000313. The first-order valence-electron chi connectivity index (χ1n) is 4.71. The predicted molar refractivity (Wildman–Crippen MR) is 59.8 cm³/mol. The number of aliphatic carboxylic acids is 3. The average Bonchev–Trinajstić information content (AvgIpc) is 2.23. The van der Waals surface area contributed by atoms with Gasteiger partial charge in [0.25, 0.3) is 5.97 Å². The molecular formula is C9H14N2O7Pt. The molecule has 0 radical (unpaired) electrons. The number of nitrogens with zero attached hydrogens (tertiary/aromatic N) is 2. The van der Waals surface area contributed by atoms with E-state index in [0.717, 1.165) is 0 Å². The molecule has 3 N–H and O–H groups in total. The zero-order valence-corrected chi connectivity index (χ0v) is 12.3. The molecule has 0 saturated carbocycles. The molecule has 10 heteroatoms. The van der Waals surface area contributed by atoms with E-state index in [-0.39, 0.29) is 39.9 Å². The Morgan fingerprint density at radius 3 is 1.47 bits per heavy atom. The van der Waals surface area contributed by atoms with E-state index in [1.54, 1.807) is 0 Å². The zero-order chi connectivity index (χ0) is 14.6. The first-order chi connectivity index (χ1) is 8.27. The van der Waals surface area contributed by atoms with E-state index in [0.29, 0.717) is 13.1 Å². The molecule has 0 aliphatic carbocycles. The van der Waals surface area contributed by atoms with Gasteiger partial charge in [0.1, 0.15) is 5.78 Å². The van der Waals surface area contributed by atoms with Crippen molar-refractivity contribution in [3.05, 3.63) is 10.6 Å². The third kappa shape index (κ3) is 26.4. The van der Waals surface area contributed by atoms with Gasteiger partial charge in [-0.25, -0.2) is 9.59 Å². The van der Waals surface area contributed by atoms with E-state index < -0.39 is 17.9 Å². The maximum Gasteiger partial charge on any atom is 2.00 e. The van der Waals surface area contributed by atoms with Crippen molar-refractivity contribution in [3.8, 4) is 0 Å². The summed E-state index contributed by atoms with van der Waals surface area (Å²) in [6.07, 6.45) is 0. The Kier molecular flexibility index (Phi) is 17.7. The van der Waals surface area contributed by atoms with Crippen LogP contribution in [-0.2, 0) is 40.2 Å². The summed E-state index contributed by atoms with van der Waals surface area (Å²) in [6.45, 7) is 2.27. The van der Waals surface area contributed by atoms with Crippen molar-refractivity contribution >= 4 is 23.7 Å². The number of carboxylic acids is 3. The van der Waals surface area contributed by atoms with Crippen LogP contribution in [0.25, 0.3) is 10.6 Å². The van der Waals surface area contributed by atoms with E-state index in [1.807, 2.05) is 0 Å². The van der Waals surface area contributed by atoms with E-state index >= 15 is 0 Å². The maximum absolute atomic E-state index is 10.4. The molecule has 0 fully saturated rings. The second kappa shape index (κ2) is 14.7. The van der Waals surface area contributed by atoms with Crippen LogP contribution in [0, 0.1) is 0 Å². The molecular weight excluding hydrogens is 443 g/mol. The van der Waals surface area contributed by atoms with Crippen LogP contribution in [0.1, 0.15) is 6.92 Å². The summed E-state index contributed by atoms with van der Waals surface area (Å²) >= 11 is 0. The van der Waals surface area contributed by atoms with Crippen molar-refractivity contribution in [1.82, 2.24) is 0 Å². The van der Waals surface area contributed by atoms with E-state index in [9.17, 15) is 9.59 Å². The summed E-state index contributed by atoms with van der Waals surface area (Å²) in [4.78, 5) is 38.5. The molecule has 9 nitrogen and oxygen atoms in total.